The molecule has 0 radical (unpaired) electrons. The Labute approximate surface area is 130 Å². The lowest BCUT2D eigenvalue weighted by molar-refractivity contribution is -0.285. The summed E-state index contributed by atoms with van der Waals surface area (Å²) in [6.45, 7) is 7.67. The van der Waals surface area contributed by atoms with Crippen molar-refractivity contribution < 1.29 is 24.2 Å². The fourth-order valence-corrected chi connectivity index (χ4v) is 6.45. The molecule has 1 saturated heterocycles. The normalized spacial score (nSPS) is 54.4. The first-order valence-electron chi connectivity index (χ1n) is 8.14. The molecule has 4 fully saturated rings. The lowest BCUT2D eigenvalue weighted by atomic mass is 9.37. The number of rotatable bonds is 1. The molecule has 4 aliphatic rings. The van der Waals surface area contributed by atoms with Gasteiger partial charge in [-0.05, 0) is 23.7 Å². The molecule has 1 aliphatic heterocycles. The molecule has 1 heterocycles. The Morgan fingerprint density at radius 2 is 1.95 bits per heavy atom. The molecule has 0 aromatic carbocycles. The summed E-state index contributed by atoms with van der Waals surface area (Å²) >= 11 is 0. The molecule has 5 heteroatoms. The van der Waals surface area contributed by atoms with Crippen LogP contribution in [0.25, 0.3) is 0 Å². The number of Topliss-reactive ketones (excluding diaryl/α,β-unsaturated/α-hetero) is 1. The van der Waals surface area contributed by atoms with E-state index >= 15 is 0 Å². The van der Waals surface area contributed by atoms with E-state index in [4.69, 9.17) is 9.47 Å². The van der Waals surface area contributed by atoms with Crippen LogP contribution in [0.4, 0.5) is 0 Å². The highest BCUT2D eigenvalue weighted by atomic mass is 16.7. The molecule has 6 atom stereocenters. The number of ketones is 1. The topological polar surface area (TPSA) is 72.8 Å². The van der Waals surface area contributed by atoms with Crippen LogP contribution in [-0.2, 0) is 19.1 Å². The third-order valence-electron chi connectivity index (χ3n) is 7.28. The van der Waals surface area contributed by atoms with E-state index < -0.39 is 17.3 Å². The number of carbonyl (C=O) groups excluding carboxylic acids is 2. The summed E-state index contributed by atoms with van der Waals surface area (Å²) in [5.74, 6) is -0.0556. The summed E-state index contributed by atoms with van der Waals surface area (Å²) in [7, 11) is 0. The van der Waals surface area contributed by atoms with Crippen molar-refractivity contribution >= 4 is 11.8 Å². The fraction of sp³-hybridized carbons (Fsp3) is 0.882. The van der Waals surface area contributed by atoms with E-state index in [1.165, 1.54) is 6.92 Å². The van der Waals surface area contributed by atoms with Crippen molar-refractivity contribution in [2.45, 2.75) is 71.4 Å². The number of hydrogen-bond donors (Lipinski definition) is 1. The first-order chi connectivity index (χ1) is 10.1. The van der Waals surface area contributed by atoms with Crippen molar-refractivity contribution in [1.29, 1.82) is 0 Å². The van der Waals surface area contributed by atoms with Gasteiger partial charge in [-0.2, -0.15) is 0 Å². The van der Waals surface area contributed by atoms with Crippen molar-refractivity contribution in [2.75, 3.05) is 0 Å². The standard InChI is InChI=1S/C17H24O5/c1-9(18)21-12-8-15(4)5-10(19)6-16(15)11-7-14(2,3)17(11,12)22-13(16)20/h11-13,20H,5-8H2,1-4H3/t11-,12+,13-,15+,16?,17-/m1/s1. The summed E-state index contributed by atoms with van der Waals surface area (Å²) in [6, 6.07) is 0. The van der Waals surface area contributed by atoms with Crippen LogP contribution in [0.5, 0.6) is 0 Å². The van der Waals surface area contributed by atoms with E-state index in [1.807, 2.05) is 0 Å². The second-order valence-electron chi connectivity index (χ2n) is 8.70. The van der Waals surface area contributed by atoms with Crippen molar-refractivity contribution in [3.05, 3.63) is 0 Å². The zero-order valence-corrected chi connectivity index (χ0v) is 13.6. The van der Waals surface area contributed by atoms with Crippen LogP contribution in [0.3, 0.4) is 0 Å². The zero-order valence-electron chi connectivity index (χ0n) is 13.6. The molecule has 4 rings (SSSR count). The predicted molar refractivity (Wildman–Crippen MR) is 76.7 cm³/mol. The van der Waals surface area contributed by atoms with Gasteiger partial charge in [0.2, 0.25) is 0 Å². The maximum atomic E-state index is 12.2. The minimum Gasteiger partial charge on any atom is -0.459 e. The third kappa shape index (κ3) is 1.27. The van der Waals surface area contributed by atoms with Crippen molar-refractivity contribution in [1.82, 2.24) is 0 Å². The average Bonchev–Trinajstić information content (AvgIpc) is 2.71. The Balaban J connectivity index is 1.87. The number of aliphatic hydroxyl groups excluding tert-OH is 1. The van der Waals surface area contributed by atoms with Crippen LogP contribution in [-0.4, -0.2) is 34.9 Å². The second kappa shape index (κ2) is 3.75. The van der Waals surface area contributed by atoms with Gasteiger partial charge in [0.1, 0.15) is 17.5 Å². The maximum Gasteiger partial charge on any atom is 0.303 e. The van der Waals surface area contributed by atoms with E-state index in [2.05, 4.69) is 20.8 Å². The van der Waals surface area contributed by atoms with Crippen LogP contribution in [0.2, 0.25) is 0 Å². The highest BCUT2D eigenvalue weighted by Gasteiger charge is 2.86. The molecule has 3 aliphatic carbocycles. The lowest BCUT2D eigenvalue weighted by Crippen LogP contribution is -2.73. The number of hydrogen-bond acceptors (Lipinski definition) is 5. The van der Waals surface area contributed by atoms with E-state index in [1.54, 1.807) is 0 Å². The highest BCUT2D eigenvalue weighted by molar-refractivity contribution is 5.83. The first kappa shape index (κ1) is 14.6. The summed E-state index contributed by atoms with van der Waals surface area (Å²) in [4.78, 5) is 23.8. The Morgan fingerprint density at radius 1 is 1.27 bits per heavy atom. The molecule has 5 nitrogen and oxygen atoms in total. The summed E-state index contributed by atoms with van der Waals surface area (Å²) in [6.07, 6.45) is 0.981. The molecule has 3 saturated carbocycles. The van der Waals surface area contributed by atoms with E-state index in [0.29, 0.717) is 19.3 Å². The molecular formula is C17H24O5. The molecule has 0 amide bonds. The molecule has 0 aromatic heterocycles. The van der Waals surface area contributed by atoms with Gasteiger partial charge >= 0.3 is 5.97 Å². The van der Waals surface area contributed by atoms with Gasteiger partial charge in [-0.3, -0.25) is 9.59 Å². The molecular weight excluding hydrogens is 284 g/mol. The highest BCUT2D eigenvalue weighted by Crippen LogP contribution is 2.80. The van der Waals surface area contributed by atoms with E-state index in [-0.39, 0.29) is 34.6 Å². The molecule has 1 spiro atoms. The van der Waals surface area contributed by atoms with Gasteiger partial charge in [0, 0.05) is 31.1 Å². The van der Waals surface area contributed by atoms with Crippen LogP contribution in [0.1, 0.15) is 53.4 Å². The van der Waals surface area contributed by atoms with Gasteiger partial charge in [0.05, 0.1) is 0 Å². The summed E-state index contributed by atoms with van der Waals surface area (Å²) < 4.78 is 11.8. The van der Waals surface area contributed by atoms with Gasteiger partial charge in [-0.1, -0.05) is 20.8 Å². The van der Waals surface area contributed by atoms with Gasteiger partial charge < -0.3 is 14.6 Å². The van der Waals surface area contributed by atoms with Crippen molar-refractivity contribution in [3.8, 4) is 0 Å². The van der Waals surface area contributed by atoms with Crippen molar-refractivity contribution in [3.63, 3.8) is 0 Å². The number of aliphatic hydroxyl groups is 1. The summed E-state index contributed by atoms with van der Waals surface area (Å²) in [5, 5.41) is 10.8. The SMILES string of the molecule is CC(=O)O[C@H]1C[C@]2(C)CC(=O)CC23[C@H](O)O[C@]12[C@@H]3CC2(C)C. The fourth-order valence-electron chi connectivity index (χ4n) is 6.45. The Morgan fingerprint density at radius 3 is 2.55 bits per heavy atom. The second-order valence-corrected chi connectivity index (χ2v) is 8.70. The average molecular weight is 308 g/mol. The third-order valence-corrected chi connectivity index (χ3v) is 7.28. The first-order valence-corrected chi connectivity index (χ1v) is 8.14. The Kier molecular flexibility index (Phi) is 2.50. The number of esters is 1. The minimum atomic E-state index is -0.948. The molecule has 1 N–H and O–H groups in total. The molecule has 2 bridgehead atoms. The quantitative estimate of drug-likeness (QED) is 0.748. The zero-order chi connectivity index (χ0) is 16.1. The van der Waals surface area contributed by atoms with Gasteiger partial charge in [-0.25, -0.2) is 0 Å². The Hall–Kier alpha value is -0.940. The number of ether oxygens (including phenoxy) is 2. The van der Waals surface area contributed by atoms with Crippen LogP contribution in [0, 0.1) is 22.2 Å². The van der Waals surface area contributed by atoms with E-state index in [0.717, 1.165) is 6.42 Å². The van der Waals surface area contributed by atoms with Crippen LogP contribution < -0.4 is 0 Å². The molecule has 1 unspecified atom stereocenters. The number of carbonyl (C=O) groups is 2. The molecule has 122 valence electrons. The Bertz CT molecular complexity index is 584. The summed E-state index contributed by atoms with van der Waals surface area (Å²) in [5.41, 5.74) is -1.68. The lowest BCUT2D eigenvalue weighted by Gasteiger charge is -2.67. The largest absolute Gasteiger partial charge is 0.459 e. The molecule has 22 heavy (non-hydrogen) atoms. The smallest absolute Gasteiger partial charge is 0.303 e. The van der Waals surface area contributed by atoms with E-state index in [9.17, 15) is 14.7 Å². The maximum absolute atomic E-state index is 12.2. The van der Waals surface area contributed by atoms with Gasteiger partial charge in [0.15, 0.2) is 6.29 Å². The monoisotopic (exact) mass is 308 g/mol. The van der Waals surface area contributed by atoms with Gasteiger partial charge in [0.25, 0.3) is 0 Å². The van der Waals surface area contributed by atoms with Crippen molar-refractivity contribution in [2.24, 2.45) is 22.2 Å². The van der Waals surface area contributed by atoms with Gasteiger partial charge in [-0.15, -0.1) is 0 Å². The molecule has 0 aromatic rings. The minimum absolute atomic E-state index is 0.0829. The predicted octanol–water partition coefficient (Wildman–Crippen LogP) is 1.81. The van der Waals surface area contributed by atoms with Crippen LogP contribution in [0.15, 0.2) is 0 Å². The van der Waals surface area contributed by atoms with Crippen LogP contribution >= 0.6 is 0 Å².